The van der Waals surface area contributed by atoms with Crippen LogP contribution in [-0.2, 0) is 0 Å². The molecule has 0 aliphatic heterocycles. The van der Waals surface area contributed by atoms with Crippen LogP contribution in [0.3, 0.4) is 0 Å². The summed E-state index contributed by atoms with van der Waals surface area (Å²) >= 11 is 0. The van der Waals surface area contributed by atoms with Crippen LogP contribution in [0.1, 0.15) is 10.4 Å². The third-order valence-electron chi connectivity index (χ3n) is 1.64. The lowest BCUT2D eigenvalue weighted by atomic mass is 10.2. The van der Waals surface area contributed by atoms with Gasteiger partial charge >= 0.3 is 5.97 Å². The summed E-state index contributed by atoms with van der Waals surface area (Å²) in [6.07, 6.45) is 0. The Bertz CT molecular complexity index is 339. The fraction of sp³-hybridized carbons (Fsp3) is 0.222. The molecule has 5 nitrogen and oxygen atoms in total. The van der Waals surface area contributed by atoms with E-state index in [-0.39, 0.29) is 11.3 Å². The molecule has 76 valence electrons. The number of rotatable bonds is 4. The molecular weight excluding hydrogens is 184 g/mol. The molecule has 14 heavy (non-hydrogen) atoms. The first-order valence-corrected chi connectivity index (χ1v) is 4.11. The van der Waals surface area contributed by atoms with Gasteiger partial charge in [0.25, 0.3) is 0 Å². The van der Waals surface area contributed by atoms with E-state index in [2.05, 4.69) is 0 Å². The van der Waals surface area contributed by atoms with E-state index in [9.17, 15) is 4.79 Å². The molecule has 1 aromatic rings. The zero-order chi connectivity index (χ0) is 10.6. The largest absolute Gasteiger partial charge is 0.492 e. The van der Waals surface area contributed by atoms with Crippen LogP contribution in [0.5, 0.6) is 5.75 Å². The van der Waals surface area contributed by atoms with Crippen molar-refractivity contribution < 1.29 is 14.6 Å². The number of aromatic carboxylic acids is 1. The van der Waals surface area contributed by atoms with E-state index in [1.54, 1.807) is 6.07 Å². The van der Waals surface area contributed by atoms with Crippen molar-refractivity contribution in [2.45, 2.75) is 0 Å². The molecule has 0 heterocycles. The summed E-state index contributed by atoms with van der Waals surface area (Å²) in [5.41, 5.74) is 11.0. The maximum Gasteiger partial charge on any atom is 0.337 e. The minimum atomic E-state index is -1.05. The topological polar surface area (TPSA) is 98.6 Å². The quantitative estimate of drug-likeness (QED) is 0.602. The molecule has 0 spiro atoms. The van der Waals surface area contributed by atoms with Gasteiger partial charge in [0.1, 0.15) is 12.4 Å². The summed E-state index contributed by atoms with van der Waals surface area (Å²) in [7, 11) is 0. The molecule has 0 amide bonds. The van der Waals surface area contributed by atoms with Crippen molar-refractivity contribution in [2.75, 3.05) is 18.9 Å². The van der Waals surface area contributed by atoms with Crippen LogP contribution in [0, 0.1) is 0 Å². The zero-order valence-electron chi connectivity index (χ0n) is 7.56. The van der Waals surface area contributed by atoms with Gasteiger partial charge in [-0.1, -0.05) is 0 Å². The van der Waals surface area contributed by atoms with Crippen LogP contribution in [-0.4, -0.2) is 24.2 Å². The summed E-state index contributed by atoms with van der Waals surface area (Å²) in [5, 5.41) is 8.69. The van der Waals surface area contributed by atoms with Crippen LogP contribution in [0.2, 0.25) is 0 Å². The summed E-state index contributed by atoms with van der Waals surface area (Å²) in [6, 6.07) is 4.43. The van der Waals surface area contributed by atoms with Crippen LogP contribution in [0.15, 0.2) is 18.2 Å². The highest BCUT2D eigenvalue weighted by Crippen LogP contribution is 2.19. The minimum absolute atomic E-state index is 0.0742. The first-order valence-electron chi connectivity index (χ1n) is 4.11. The number of anilines is 1. The number of nitrogen functional groups attached to an aromatic ring is 1. The molecule has 0 aliphatic rings. The molecule has 0 fully saturated rings. The molecule has 1 rings (SSSR count). The number of nitrogens with two attached hydrogens (primary N) is 2. The van der Waals surface area contributed by atoms with Crippen LogP contribution >= 0.6 is 0 Å². The molecule has 0 saturated carbocycles. The van der Waals surface area contributed by atoms with E-state index in [0.29, 0.717) is 18.9 Å². The second-order valence-electron chi connectivity index (χ2n) is 2.69. The van der Waals surface area contributed by atoms with E-state index < -0.39 is 5.97 Å². The van der Waals surface area contributed by atoms with Gasteiger partial charge in [-0.05, 0) is 12.1 Å². The minimum Gasteiger partial charge on any atom is -0.492 e. The van der Waals surface area contributed by atoms with Gasteiger partial charge in [-0.3, -0.25) is 0 Å². The second-order valence-corrected chi connectivity index (χ2v) is 2.69. The number of carboxylic acids is 1. The smallest absolute Gasteiger partial charge is 0.337 e. The van der Waals surface area contributed by atoms with Crippen LogP contribution in [0.4, 0.5) is 5.69 Å². The lowest BCUT2D eigenvalue weighted by Crippen LogP contribution is -2.11. The van der Waals surface area contributed by atoms with Gasteiger partial charge in [0.15, 0.2) is 0 Å². The predicted molar refractivity (Wildman–Crippen MR) is 52.4 cm³/mol. The Morgan fingerprint density at radius 2 is 2.21 bits per heavy atom. The van der Waals surface area contributed by atoms with Crippen molar-refractivity contribution in [3.63, 3.8) is 0 Å². The molecule has 0 aliphatic carbocycles. The molecule has 0 unspecified atom stereocenters. The third kappa shape index (κ3) is 2.37. The number of hydrogen-bond donors (Lipinski definition) is 3. The molecule has 0 radical (unpaired) electrons. The summed E-state index contributed by atoms with van der Waals surface area (Å²) in [6.45, 7) is 0.784. The normalized spacial score (nSPS) is 9.79. The number of benzene rings is 1. The molecule has 0 bridgehead atoms. The highest BCUT2D eigenvalue weighted by molar-refractivity contribution is 5.93. The average Bonchev–Trinajstić information content (AvgIpc) is 2.14. The second kappa shape index (κ2) is 4.48. The Kier molecular flexibility index (Phi) is 3.30. The van der Waals surface area contributed by atoms with Gasteiger partial charge in [0.05, 0.1) is 5.56 Å². The number of ether oxygens (including phenoxy) is 1. The molecule has 5 N–H and O–H groups in total. The zero-order valence-corrected chi connectivity index (χ0v) is 7.56. The third-order valence-corrected chi connectivity index (χ3v) is 1.64. The Balaban J connectivity index is 2.83. The van der Waals surface area contributed by atoms with Crippen molar-refractivity contribution >= 4 is 11.7 Å². The van der Waals surface area contributed by atoms with Crippen LogP contribution < -0.4 is 16.2 Å². The molecule has 0 saturated heterocycles. The maximum atomic E-state index is 10.6. The highest BCUT2D eigenvalue weighted by Gasteiger charge is 2.07. The Morgan fingerprint density at radius 3 is 2.71 bits per heavy atom. The molecule has 0 aromatic heterocycles. The standard InChI is InChI=1S/C9H12N2O3/c10-3-4-14-6-1-2-7(9(12)13)8(11)5-6/h1-2,5H,3-4,10-11H2,(H,12,13). The summed E-state index contributed by atoms with van der Waals surface area (Å²) < 4.78 is 5.17. The van der Waals surface area contributed by atoms with Gasteiger partial charge in [-0.2, -0.15) is 0 Å². The number of carboxylic acid groups (broad SMARTS) is 1. The Hall–Kier alpha value is -1.75. The first-order chi connectivity index (χ1) is 6.65. The molecule has 5 heteroatoms. The average molecular weight is 196 g/mol. The van der Waals surface area contributed by atoms with Gasteiger partial charge in [-0.25, -0.2) is 4.79 Å². The van der Waals surface area contributed by atoms with Gasteiger partial charge in [0, 0.05) is 18.3 Å². The Morgan fingerprint density at radius 1 is 1.50 bits per heavy atom. The van der Waals surface area contributed by atoms with Crippen molar-refractivity contribution in [2.24, 2.45) is 5.73 Å². The first kappa shape index (κ1) is 10.3. The lowest BCUT2D eigenvalue weighted by molar-refractivity contribution is 0.0698. The number of carbonyl (C=O) groups is 1. The molecular formula is C9H12N2O3. The molecule has 0 atom stereocenters. The lowest BCUT2D eigenvalue weighted by Gasteiger charge is -2.06. The van der Waals surface area contributed by atoms with E-state index in [1.807, 2.05) is 0 Å². The van der Waals surface area contributed by atoms with E-state index in [0.717, 1.165) is 0 Å². The predicted octanol–water partition coefficient (Wildman–Crippen LogP) is 0.304. The van der Waals surface area contributed by atoms with Crippen molar-refractivity contribution in [3.05, 3.63) is 23.8 Å². The SMILES string of the molecule is NCCOc1ccc(C(=O)O)c(N)c1. The van der Waals surface area contributed by atoms with Crippen molar-refractivity contribution in [1.29, 1.82) is 0 Å². The molecule has 1 aromatic carbocycles. The van der Waals surface area contributed by atoms with Crippen molar-refractivity contribution in [1.82, 2.24) is 0 Å². The Labute approximate surface area is 81.3 Å². The van der Waals surface area contributed by atoms with Gasteiger partial charge in [-0.15, -0.1) is 0 Å². The van der Waals surface area contributed by atoms with E-state index >= 15 is 0 Å². The fourth-order valence-corrected chi connectivity index (χ4v) is 1.00. The van der Waals surface area contributed by atoms with Crippen LogP contribution in [0.25, 0.3) is 0 Å². The summed E-state index contributed by atoms with van der Waals surface area (Å²) in [5.74, 6) is -0.522. The monoisotopic (exact) mass is 196 g/mol. The van der Waals surface area contributed by atoms with Gasteiger partial charge < -0.3 is 21.3 Å². The van der Waals surface area contributed by atoms with E-state index in [4.69, 9.17) is 21.3 Å². The fourth-order valence-electron chi connectivity index (χ4n) is 1.00. The van der Waals surface area contributed by atoms with E-state index in [1.165, 1.54) is 12.1 Å². The highest BCUT2D eigenvalue weighted by atomic mass is 16.5. The van der Waals surface area contributed by atoms with Gasteiger partial charge in [0.2, 0.25) is 0 Å². The maximum absolute atomic E-state index is 10.6. The number of hydrogen-bond acceptors (Lipinski definition) is 4. The summed E-state index contributed by atoms with van der Waals surface area (Å²) in [4.78, 5) is 10.6. The van der Waals surface area contributed by atoms with Crippen molar-refractivity contribution in [3.8, 4) is 5.75 Å².